The molecule has 2 atom stereocenters. The summed E-state index contributed by atoms with van der Waals surface area (Å²) in [4.78, 5) is 13.0. The van der Waals surface area contributed by atoms with Crippen molar-refractivity contribution in [1.82, 2.24) is 0 Å². The Balaban J connectivity index is 3.44. The molecule has 0 aromatic heterocycles. The van der Waals surface area contributed by atoms with Crippen molar-refractivity contribution in [1.29, 1.82) is 0 Å². The maximum absolute atomic E-state index is 13.0. The molecule has 0 amide bonds. The number of carbonyl (C=O) groups excluding carboxylic acids is 1. The molecule has 1 rings (SSSR count). The third kappa shape index (κ3) is 4.07. The van der Waals surface area contributed by atoms with E-state index in [4.69, 9.17) is 9.47 Å². The first-order chi connectivity index (χ1) is 10.8. The molecule has 0 spiro atoms. The molecule has 23 heavy (non-hydrogen) atoms. The second-order valence-electron chi connectivity index (χ2n) is 6.98. The first-order valence-electron chi connectivity index (χ1n) is 8.61. The van der Waals surface area contributed by atoms with E-state index in [9.17, 15) is 4.79 Å². The predicted octanol–water partition coefficient (Wildman–Crippen LogP) is 5.05. The molecule has 0 radical (unpaired) electrons. The van der Waals surface area contributed by atoms with Crippen molar-refractivity contribution in [2.24, 2.45) is 17.3 Å². The van der Waals surface area contributed by atoms with Gasteiger partial charge in [0.25, 0.3) is 0 Å². The van der Waals surface area contributed by atoms with Crippen molar-refractivity contribution in [2.45, 2.75) is 53.9 Å². The van der Waals surface area contributed by atoms with Gasteiger partial charge in [-0.2, -0.15) is 0 Å². The lowest BCUT2D eigenvalue weighted by Gasteiger charge is -2.42. The Bertz CT molecular complexity index is 507. The smallest absolute Gasteiger partial charge is 0.312 e. The number of benzene rings is 1. The van der Waals surface area contributed by atoms with Crippen LogP contribution in [0.15, 0.2) is 24.3 Å². The van der Waals surface area contributed by atoms with Crippen molar-refractivity contribution in [3.05, 3.63) is 29.8 Å². The van der Waals surface area contributed by atoms with E-state index < -0.39 is 5.41 Å². The summed E-state index contributed by atoms with van der Waals surface area (Å²) >= 11 is 0. The summed E-state index contributed by atoms with van der Waals surface area (Å²) in [5, 5.41) is 0. The van der Waals surface area contributed by atoms with Gasteiger partial charge >= 0.3 is 5.97 Å². The third-order valence-corrected chi connectivity index (χ3v) is 4.81. The Morgan fingerprint density at radius 2 is 1.74 bits per heavy atom. The van der Waals surface area contributed by atoms with E-state index in [2.05, 4.69) is 40.7 Å². The fourth-order valence-electron chi connectivity index (χ4n) is 3.65. The third-order valence-electron chi connectivity index (χ3n) is 4.81. The minimum absolute atomic E-state index is 0.0140. The summed E-state index contributed by atoms with van der Waals surface area (Å²) in [5.74, 6) is 1.32. The fourth-order valence-corrected chi connectivity index (χ4v) is 3.65. The summed E-state index contributed by atoms with van der Waals surface area (Å²) in [5.41, 5.74) is 0.510. The number of rotatable bonds is 8. The standard InChI is InChI=1S/C20H32O3/c1-8-23-19(21)20(15(4)5,13-14(2)3)16(6)17-11-9-10-12-18(17)22-7/h9-12,14-16H,8,13H2,1-7H3. The molecule has 0 bridgehead atoms. The van der Waals surface area contributed by atoms with Gasteiger partial charge in [-0.3, -0.25) is 4.79 Å². The molecule has 130 valence electrons. The van der Waals surface area contributed by atoms with Crippen LogP contribution < -0.4 is 4.74 Å². The molecule has 3 heteroatoms. The van der Waals surface area contributed by atoms with E-state index in [1.165, 1.54) is 0 Å². The number of methoxy groups -OCH3 is 1. The summed E-state index contributed by atoms with van der Waals surface area (Å²) in [7, 11) is 1.68. The van der Waals surface area contributed by atoms with Crippen LogP contribution in [0.3, 0.4) is 0 Å². The molecule has 0 aliphatic rings. The van der Waals surface area contributed by atoms with Crippen molar-refractivity contribution < 1.29 is 14.3 Å². The van der Waals surface area contributed by atoms with Crippen LogP contribution in [0.25, 0.3) is 0 Å². The molecule has 0 saturated heterocycles. The number of esters is 1. The van der Waals surface area contributed by atoms with Crippen molar-refractivity contribution in [3.63, 3.8) is 0 Å². The van der Waals surface area contributed by atoms with Gasteiger partial charge in [0.1, 0.15) is 5.75 Å². The molecular weight excluding hydrogens is 288 g/mol. The first kappa shape index (κ1) is 19.5. The van der Waals surface area contributed by atoms with E-state index in [-0.39, 0.29) is 17.8 Å². The van der Waals surface area contributed by atoms with Gasteiger partial charge < -0.3 is 9.47 Å². The summed E-state index contributed by atoms with van der Waals surface area (Å²) in [6.45, 7) is 12.9. The molecule has 0 heterocycles. The Labute approximate surface area is 141 Å². The lowest BCUT2D eigenvalue weighted by Crippen LogP contribution is -2.43. The van der Waals surface area contributed by atoms with Crippen LogP contribution in [-0.4, -0.2) is 19.7 Å². The molecular formula is C20H32O3. The quantitative estimate of drug-likeness (QED) is 0.629. The van der Waals surface area contributed by atoms with Crippen LogP contribution in [0.2, 0.25) is 0 Å². The number of carbonyl (C=O) groups is 1. The molecule has 0 fully saturated rings. The summed E-state index contributed by atoms with van der Waals surface area (Å²) in [6.07, 6.45) is 0.794. The molecule has 0 N–H and O–H groups in total. The van der Waals surface area contributed by atoms with Gasteiger partial charge in [0.05, 0.1) is 19.1 Å². The maximum atomic E-state index is 13.0. The van der Waals surface area contributed by atoms with Gasteiger partial charge in [0, 0.05) is 5.92 Å². The van der Waals surface area contributed by atoms with E-state index >= 15 is 0 Å². The highest BCUT2D eigenvalue weighted by molar-refractivity contribution is 5.79. The van der Waals surface area contributed by atoms with Gasteiger partial charge in [-0.25, -0.2) is 0 Å². The zero-order chi connectivity index (χ0) is 17.6. The van der Waals surface area contributed by atoms with E-state index in [0.717, 1.165) is 17.7 Å². The average Bonchev–Trinajstić information content (AvgIpc) is 2.51. The minimum Gasteiger partial charge on any atom is -0.496 e. The molecule has 3 nitrogen and oxygen atoms in total. The van der Waals surface area contributed by atoms with Crippen LogP contribution in [0.1, 0.15) is 59.4 Å². The lowest BCUT2D eigenvalue weighted by molar-refractivity contribution is -0.161. The van der Waals surface area contributed by atoms with Crippen molar-refractivity contribution in [3.8, 4) is 5.75 Å². The highest BCUT2D eigenvalue weighted by atomic mass is 16.5. The van der Waals surface area contributed by atoms with Gasteiger partial charge in [0.15, 0.2) is 0 Å². The first-order valence-corrected chi connectivity index (χ1v) is 8.61. The van der Waals surface area contributed by atoms with Gasteiger partial charge in [-0.1, -0.05) is 52.8 Å². The Morgan fingerprint density at radius 3 is 2.22 bits per heavy atom. The number of hydrogen-bond acceptors (Lipinski definition) is 3. The van der Waals surface area contributed by atoms with Crippen LogP contribution in [0.4, 0.5) is 0 Å². The van der Waals surface area contributed by atoms with Gasteiger partial charge in [-0.15, -0.1) is 0 Å². The van der Waals surface area contributed by atoms with Crippen LogP contribution >= 0.6 is 0 Å². The molecule has 1 aromatic rings. The predicted molar refractivity (Wildman–Crippen MR) is 94.8 cm³/mol. The normalized spacial score (nSPS) is 15.3. The molecule has 2 unspecified atom stereocenters. The average molecular weight is 320 g/mol. The molecule has 0 aliphatic heterocycles. The second kappa shape index (κ2) is 8.37. The number of hydrogen-bond donors (Lipinski definition) is 0. The Morgan fingerprint density at radius 1 is 1.13 bits per heavy atom. The summed E-state index contributed by atoms with van der Waals surface area (Å²) in [6, 6.07) is 7.97. The van der Waals surface area contributed by atoms with E-state index in [1.807, 2.05) is 25.1 Å². The number of para-hydroxylation sites is 1. The number of ether oxygens (including phenoxy) is 2. The SMILES string of the molecule is CCOC(=O)C(CC(C)C)(C(C)C)C(C)c1ccccc1OC. The molecule has 1 aromatic carbocycles. The van der Waals surface area contributed by atoms with Crippen LogP contribution in [0.5, 0.6) is 5.75 Å². The van der Waals surface area contributed by atoms with Crippen molar-refractivity contribution in [2.75, 3.05) is 13.7 Å². The second-order valence-corrected chi connectivity index (χ2v) is 6.98. The zero-order valence-corrected chi connectivity index (χ0v) is 15.7. The summed E-state index contributed by atoms with van der Waals surface area (Å²) < 4.78 is 11.0. The van der Waals surface area contributed by atoms with Crippen LogP contribution in [-0.2, 0) is 9.53 Å². The largest absolute Gasteiger partial charge is 0.496 e. The minimum atomic E-state index is -0.557. The van der Waals surface area contributed by atoms with Crippen molar-refractivity contribution >= 4 is 5.97 Å². The topological polar surface area (TPSA) is 35.5 Å². The van der Waals surface area contributed by atoms with Gasteiger partial charge in [-0.05, 0) is 36.8 Å². The highest BCUT2D eigenvalue weighted by Gasteiger charge is 2.48. The molecule has 0 aliphatic carbocycles. The molecule has 0 saturated carbocycles. The zero-order valence-electron chi connectivity index (χ0n) is 15.7. The van der Waals surface area contributed by atoms with Gasteiger partial charge in [0.2, 0.25) is 0 Å². The van der Waals surface area contributed by atoms with E-state index in [0.29, 0.717) is 12.5 Å². The highest BCUT2D eigenvalue weighted by Crippen LogP contribution is 2.49. The monoisotopic (exact) mass is 320 g/mol. The van der Waals surface area contributed by atoms with Crippen LogP contribution in [0, 0.1) is 17.3 Å². The Hall–Kier alpha value is -1.51. The fraction of sp³-hybridized carbons (Fsp3) is 0.650. The Kier molecular flexibility index (Phi) is 7.11. The maximum Gasteiger partial charge on any atom is 0.312 e. The van der Waals surface area contributed by atoms with E-state index in [1.54, 1.807) is 7.11 Å². The lowest BCUT2D eigenvalue weighted by atomic mass is 9.62.